The number of piperidine rings is 1. The summed E-state index contributed by atoms with van der Waals surface area (Å²) in [6.07, 6.45) is 2.71. The smallest absolute Gasteiger partial charge is 0.254 e. The minimum Gasteiger partial charge on any atom is -0.336 e. The first-order valence-electron chi connectivity index (χ1n) is 8.11. The highest BCUT2D eigenvalue weighted by Gasteiger charge is 2.26. The molecule has 0 bridgehead atoms. The molecule has 5 nitrogen and oxygen atoms in total. The molecular weight excluding hydrogens is 333 g/mol. The number of hydrogen-bond acceptors (Lipinski definition) is 3. The Kier molecular flexibility index (Phi) is 8.15. The first kappa shape index (κ1) is 20.4. The largest absolute Gasteiger partial charge is 0.336 e. The Balaban J connectivity index is 0.00000288. The third kappa shape index (κ3) is 5.18. The van der Waals surface area contributed by atoms with Crippen molar-refractivity contribution >= 4 is 29.9 Å². The van der Waals surface area contributed by atoms with E-state index >= 15 is 0 Å². The van der Waals surface area contributed by atoms with Crippen LogP contribution in [-0.4, -0.2) is 42.4 Å². The predicted octanol–water partition coefficient (Wildman–Crippen LogP) is 2.81. The molecule has 2 amide bonds. The van der Waals surface area contributed by atoms with Crippen LogP contribution in [-0.2, 0) is 4.79 Å². The molecule has 1 fully saturated rings. The average Bonchev–Trinajstić information content (AvgIpc) is 2.54. The number of anilines is 1. The lowest BCUT2D eigenvalue weighted by Gasteiger charge is -2.34. The highest BCUT2D eigenvalue weighted by Crippen LogP contribution is 2.21. The summed E-state index contributed by atoms with van der Waals surface area (Å²) < 4.78 is 13.7. The second-order valence-corrected chi connectivity index (χ2v) is 5.86. The van der Waals surface area contributed by atoms with Crippen molar-refractivity contribution in [3.8, 4) is 0 Å². The molecule has 0 radical (unpaired) electrons. The molecule has 2 N–H and O–H groups in total. The van der Waals surface area contributed by atoms with E-state index in [4.69, 9.17) is 0 Å². The maximum Gasteiger partial charge on any atom is 0.254 e. The molecule has 0 spiro atoms. The van der Waals surface area contributed by atoms with Crippen LogP contribution in [0.5, 0.6) is 0 Å². The molecule has 0 saturated carbocycles. The highest BCUT2D eigenvalue weighted by molar-refractivity contribution is 5.97. The van der Waals surface area contributed by atoms with Crippen LogP contribution in [0.25, 0.3) is 0 Å². The lowest BCUT2D eigenvalue weighted by atomic mass is 10.0. The Hall–Kier alpha value is -1.66. The van der Waals surface area contributed by atoms with E-state index in [2.05, 4.69) is 10.6 Å². The average molecular weight is 358 g/mol. The maximum absolute atomic E-state index is 13.7. The van der Waals surface area contributed by atoms with Gasteiger partial charge in [0.1, 0.15) is 5.82 Å². The van der Waals surface area contributed by atoms with Crippen molar-refractivity contribution in [1.29, 1.82) is 0 Å². The Morgan fingerprint density at radius 3 is 2.58 bits per heavy atom. The van der Waals surface area contributed by atoms with Gasteiger partial charge in [-0.3, -0.25) is 9.59 Å². The monoisotopic (exact) mass is 357 g/mol. The number of carbonyl (C=O) groups is 2. The summed E-state index contributed by atoms with van der Waals surface area (Å²) in [5.41, 5.74) is 0.451. The molecule has 2 rings (SSSR count). The van der Waals surface area contributed by atoms with Crippen molar-refractivity contribution in [2.24, 2.45) is 0 Å². The Labute approximate surface area is 148 Å². The fourth-order valence-electron chi connectivity index (χ4n) is 2.92. The van der Waals surface area contributed by atoms with Gasteiger partial charge in [0.05, 0.1) is 5.69 Å². The van der Waals surface area contributed by atoms with Crippen LogP contribution in [0.3, 0.4) is 0 Å². The van der Waals surface area contributed by atoms with E-state index in [1.807, 2.05) is 11.8 Å². The van der Waals surface area contributed by atoms with Gasteiger partial charge in [0.15, 0.2) is 0 Å². The molecule has 0 unspecified atom stereocenters. The maximum atomic E-state index is 13.7. The van der Waals surface area contributed by atoms with Crippen LogP contribution in [0.2, 0.25) is 0 Å². The fourth-order valence-corrected chi connectivity index (χ4v) is 2.92. The molecule has 0 atom stereocenters. The summed E-state index contributed by atoms with van der Waals surface area (Å²) in [4.78, 5) is 25.9. The third-order valence-electron chi connectivity index (χ3n) is 4.00. The van der Waals surface area contributed by atoms with E-state index in [9.17, 15) is 14.0 Å². The second kappa shape index (κ2) is 9.59. The van der Waals surface area contributed by atoms with E-state index in [1.165, 1.54) is 25.1 Å². The van der Waals surface area contributed by atoms with Crippen LogP contribution >= 0.6 is 12.4 Å². The summed E-state index contributed by atoms with van der Waals surface area (Å²) in [7, 11) is 0. The van der Waals surface area contributed by atoms with Crippen molar-refractivity contribution in [3.05, 3.63) is 29.6 Å². The quantitative estimate of drug-likeness (QED) is 0.851. The number of amides is 2. The van der Waals surface area contributed by atoms with Crippen molar-refractivity contribution in [1.82, 2.24) is 10.2 Å². The molecule has 1 aliphatic heterocycles. The zero-order valence-electron chi connectivity index (χ0n) is 14.1. The summed E-state index contributed by atoms with van der Waals surface area (Å²) in [6, 6.07) is 4.33. The number of hydrogen-bond donors (Lipinski definition) is 2. The Morgan fingerprint density at radius 1 is 1.33 bits per heavy atom. The normalized spacial score (nSPS) is 14.6. The van der Waals surface area contributed by atoms with Crippen LogP contribution in [0, 0.1) is 5.82 Å². The molecule has 0 aliphatic carbocycles. The topological polar surface area (TPSA) is 61.4 Å². The molecule has 1 aromatic carbocycles. The van der Waals surface area contributed by atoms with Crippen LogP contribution in [0.15, 0.2) is 18.2 Å². The molecule has 1 aromatic rings. The minimum absolute atomic E-state index is 0. The minimum atomic E-state index is -0.541. The highest BCUT2D eigenvalue weighted by atomic mass is 35.5. The van der Waals surface area contributed by atoms with Crippen LogP contribution in [0.4, 0.5) is 10.1 Å². The number of nitrogens with zero attached hydrogens (tertiary/aromatic N) is 1. The fraction of sp³-hybridized carbons (Fsp3) is 0.529. The molecule has 1 heterocycles. The number of rotatable bonds is 5. The Morgan fingerprint density at radius 2 is 2.00 bits per heavy atom. The zero-order valence-corrected chi connectivity index (χ0v) is 14.9. The molecule has 7 heteroatoms. The van der Waals surface area contributed by atoms with Gasteiger partial charge in [-0.25, -0.2) is 4.39 Å². The second-order valence-electron chi connectivity index (χ2n) is 5.86. The number of halogens is 2. The van der Waals surface area contributed by atoms with Crippen LogP contribution in [0.1, 0.15) is 43.5 Å². The number of benzene rings is 1. The first-order valence-corrected chi connectivity index (χ1v) is 8.11. The van der Waals surface area contributed by atoms with Gasteiger partial charge < -0.3 is 15.5 Å². The van der Waals surface area contributed by atoms with Crippen molar-refractivity contribution in [3.63, 3.8) is 0 Å². The van der Waals surface area contributed by atoms with Gasteiger partial charge >= 0.3 is 0 Å². The van der Waals surface area contributed by atoms with Gasteiger partial charge in [-0.1, -0.05) is 6.92 Å². The summed E-state index contributed by atoms with van der Waals surface area (Å²) in [5, 5.41) is 5.72. The van der Waals surface area contributed by atoms with Gasteiger partial charge in [-0.2, -0.15) is 0 Å². The first-order chi connectivity index (χ1) is 11.0. The van der Waals surface area contributed by atoms with Gasteiger partial charge in [0, 0.05) is 25.1 Å². The number of nitrogens with one attached hydrogen (secondary N) is 2. The van der Waals surface area contributed by atoms with Gasteiger partial charge in [-0.15, -0.1) is 12.4 Å². The molecule has 134 valence electrons. The van der Waals surface area contributed by atoms with Gasteiger partial charge in [0.2, 0.25) is 5.91 Å². The van der Waals surface area contributed by atoms with E-state index in [0.717, 1.165) is 32.4 Å². The molecule has 24 heavy (non-hydrogen) atoms. The predicted molar refractivity (Wildman–Crippen MR) is 95.2 cm³/mol. The summed E-state index contributed by atoms with van der Waals surface area (Å²) in [5.74, 6) is -1.01. The van der Waals surface area contributed by atoms with Crippen molar-refractivity contribution in [2.45, 2.75) is 39.2 Å². The van der Waals surface area contributed by atoms with E-state index in [0.29, 0.717) is 12.1 Å². The molecule has 1 aliphatic rings. The van der Waals surface area contributed by atoms with Crippen molar-refractivity contribution in [2.75, 3.05) is 25.0 Å². The number of carbonyl (C=O) groups excluding carboxylic acids is 2. The molecule has 1 saturated heterocycles. The zero-order chi connectivity index (χ0) is 16.8. The Bertz CT molecular complexity index is 577. The lowest BCUT2D eigenvalue weighted by Crippen LogP contribution is -2.46. The summed E-state index contributed by atoms with van der Waals surface area (Å²) in [6.45, 7) is 5.83. The van der Waals surface area contributed by atoms with E-state index < -0.39 is 5.82 Å². The van der Waals surface area contributed by atoms with Crippen molar-refractivity contribution < 1.29 is 14.0 Å². The van der Waals surface area contributed by atoms with E-state index in [-0.39, 0.29) is 36.0 Å². The van der Waals surface area contributed by atoms with E-state index in [1.54, 1.807) is 0 Å². The third-order valence-corrected chi connectivity index (χ3v) is 4.00. The molecule has 0 aromatic heterocycles. The van der Waals surface area contributed by atoms with Crippen LogP contribution < -0.4 is 10.6 Å². The van der Waals surface area contributed by atoms with Gasteiger partial charge in [-0.05, 0) is 50.6 Å². The lowest BCUT2D eigenvalue weighted by molar-refractivity contribution is -0.114. The SMILES string of the molecule is CCCN(C(=O)c1ccc(F)c(NC(C)=O)c1)C1CCNCC1.Cl. The standard InChI is InChI=1S/C17H24FN3O2.ClH/c1-3-10-21(14-6-8-19-9-7-14)17(23)13-4-5-15(18)16(11-13)20-12(2)22;/h4-5,11,14,19H,3,6-10H2,1-2H3,(H,20,22);1H. The summed E-state index contributed by atoms with van der Waals surface area (Å²) >= 11 is 0. The molecular formula is C17H25ClFN3O2. The van der Waals surface area contributed by atoms with Gasteiger partial charge in [0.25, 0.3) is 5.91 Å².